The van der Waals surface area contributed by atoms with Crippen LogP contribution in [0.5, 0.6) is 0 Å². The highest BCUT2D eigenvalue weighted by atomic mass is 16.6. The molecule has 62 valence electrons. The van der Waals surface area contributed by atoms with Gasteiger partial charge in [0.05, 0.1) is 16.8 Å². The maximum Gasteiger partial charge on any atom is 0.287 e. The van der Waals surface area contributed by atoms with E-state index < -0.39 is 4.92 Å². The van der Waals surface area contributed by atoms with Crippen LogP contribution in [0.1, 0.15) is 5.69 Å². The predicted molar refractivity (Wildman–Crippen MR) is 40.3 cm³/mol. The van der Waals surface area contributed by atoms with Gasteiger partial charge in [-0.2, -0.15) is 0 Å². The largest absolute Gasteiger partial charge is 0.411 e. The summed E-state index contributed by atoms with van der Waals surface area (Å²) in [6, 6.07) is 2.67. The van der Waals surface area contributed by atoms with Gasteiger partial charge in [-0.15, -0.1) is 0 Å². The van der Waals surface area contributed by atoms with Gasteiger partial charge < -0.3 is 5.21 Å². The van der Waals surface area contributed by atoms with Gasteiger partial charge in [0.25, 0.3) is 5.69 Å². The Kier molecular flexibility index (Phi) is 2.32. The Labute approximate surface area is 67.3 Å². The van der Waals surface area contributed by atoms with Crippen LogP contribution >= 0.6 is 0 Å². The third-order valence-electron chi connectivity index (χ3n) is 1.17. The minimum absolute atomic E-state index is 0.0925. The Morgan fingerprint density at radius 3 is 2.83 bits per heavy atom. The lowest BCUT2D eigenvalue weighted by Gasteiger charge is -1.90. The Bertz CT molecular complexity index is 306. The molecule has 1 rings (SSSR count). The number of hydrogen-bond acceptors (Lipinski definition) is 5. The van der Waals surface area contributed by atoms with E-state index in [0.717, 1.165) is 12.4 Å². The van der Waals surface area contributed by atoms with Crippen LogP contribution in [0.2, 0.25) is 0 Å². The van der Waals surface area contributed by atoms with E-state index in [4.69, 9.17) is 5.21 Å². The van der Waals surface area contributed by atoms with Crippen LogP contribution in [-0.2, 0) is 0 Å². The molecule has 6 heteroatoms. The molecule has 0 unspecified atom stereocenters. The molecular weight excluding hydrogens is 162 g/mol. The summed E-state index contributed by atoms with van der Waals surface area (Å²) in [5.41, 5.74) is 0.271. The van der Waals surface area contributed by atoms with Gasteiger partial charge in [0, 0.05) is 6.07 Å². The molecule has 1 heterocycles. The number of nitrogens with zero attached hydrogens (tertiary/aromatic N) is 3. The van der Waals surface area contributed by atoms with Crippen molar-refractivity contribution >= 4 is 11.9 Å². The molecule has 0 atom stereocenters. The molecule has 0 fully saturated rings. The van der Waals surface area contributed by atoms with Gasteiger partial charge in [-0.25, -0.2) is 4.98 Å². The van der Waals surface area contributed by atoms with Crippen LogP contribution in [0, 0.1) is 10.1 Å². The summed E-state index contributed by atoms with van der Waals surface area (Å²) in [6.07, 6.45) is 2.18. The Morgan fingerprint density at radius 2 is 2.42 bits per heavy atom. The topological polar surface area (TPSA) is 88.6 Å². The number of hydrogen-bond donors (Lipinski definition) is 1. The normalized spacial score (nSPS) is 10.3. The third kappa shape index (κ3) is 1.75. The van der Waals surface area contributed by atoms with Crippen molar-refractivity contribution in [3.05, 3.63) is 34.1 Å². The lowest BCUT2D eigenvalue weighted by molar-refractivity contribution is -0.385. The number of aromatic nitrogens is 1. The number of rotatable bonds is 2. The predicted octanol–water partition coefficient (Wildman–Crippen LogP) is 0.798. The van der Waals surface area contributed by atoms with E-state index in [1.165, 1.54) is 12.1 Å². The molecule has 0 saturated heterocycles. The van der Waals surface area contributed by atoms with E-state index in [2.05, 4.69) is 10.1 Å². The highest BCUT2D eigenvalue weighted by Crippen LogP contribution is 2.07. The van der Waals surface area contributed by atoms with E-state index in [9.17, 15) is 10.1 Å². The lowest BCUT2D eigenvalue weighted by Crippen LogP contribution is -1.91. The standard InChI is InChI=1S/C6H5N3O3/c10-8-3-5-1-2-6(4-7-5)9(11)12/h1-4,10H/b8-3+. The van der Waals surface area contributed by atoms with E-state index in [0.29, 0.717) is 5.69 Å². The van der Waals surface area contributed by atoms with Crippen LogP contribution in [-0.4, -0.2) is 21.3 Å². The van der Waals surface area contributed by atoms with Crippen molar-refractivity contribution in [2.24, 2.45) is 5.16 Å². The van der Waals surface area contributed by atoms with E-state index >= 15 is 0 Å². The summed E-state index contributed by atoms with van der Waals surface area (Å²) in [5, 5.41) is 21.0. The number of pyridine rings is 1. The van der Waals surface area contributed by atoms with Gasteiger partial charge in [0.1, 0.15) is 6.20 Å². The fourth-order valence-electron chi connectivity index (χ4n) is 0.641. The average Bonchev–Trinajstić information content (AvgIpc) is 2.06. The van der Waals surface area contributed by atoms with E-state index in [-0.39, 0.29) is 5.69 Å². The first-order valence-electron chi connectivity index (χ1n) is 3.02. The molecule has 6 nitrogen and oxygen atoms in total. The molecule has 0 aliphatic heterocycles. The van der Waals surface area contributed by atoms with Crippen LogP contribution in [0.4, 0.5) is 5.69 Å². The molecule has 1 aromatic rings. The van der Waals surface area contributed by atoms with Crippen molar-refractivity contribution < 1.29 is 10.1 Å². The molecule has 0 radical (unpaired) electrons. The van der Waals surface area contributed by atoms with Crippen LogP contribution in [0.15, 0.2) is 23.5 Å². The summed E-state index contributed by atoms with van der Waals surface area (Å²) in [4.78, 5) is 13.2. The second-order valence-electron chi connectivity index (χ2n) is 1.94. The second kappa shape index (κ2) is 3.42. The van der Waals surface area contributed by atoms with Crippen LogP contribution in [0.3, 0.4) is 0 Å². The summed E-state index contributed by atoms with van der Waals surface area (Å²) in [7, 11) is 0. The van der Waals surface area contributed by atoms with E-state index in [1.54, 1.807) is 0 Å². The van der Waals surface area contributed by atoms with Crippen molar-refractivity contribution in [1.29, 1.82) is 0 Å². The van der Waals surface area contributed by atoms with Crippen LogP contribution in [0.25, 0.3) is 0 Å². The minimum Gasteiger partial charge on any atom is -0.411 e. The molecule has 0 bridgehead atoms. The first-order valence-corrected chi connectivity index (χ1v) is 3.02. The van der Waals surface area contributed by atoms with Crippen molar-refractivity contribution in [3.8, 4) is 0 Å². The molecule has 0 aliphatic rings. The van der Waals surface area contributed by atoms with Crippen LogP contribution < -0.4 is 0 Å². The SMILES string of the molecule is O=[N+]([O-])c1ccc(/C=N/O)nc1. The zero-order valence-electron chi connectivity index (χ0n) is 5.91. The Balaban J connectivity index is 2.93. The lowest BCUT2D eigenvalue weighted by atomic mass is 10.3. The highest BCUT2D eigenvalue weighted by Gasteiger charge is 2.03. The molecule has 0 amide bonds. The molecule has 1 N–H and O–H groups in total. The first-order chi connectivity index (χ1) is 5.74. The number of nitro groups is 1. The third-order valence-corrected chi connectivity index (χ3v) is 1.17. The smallest absolute Gasteiger partial charge is 0.287 e. The zero-order chi connectivity index (χ0) is 8.97. The molecule has 0 spiro atoms. The molecule has 0 saturated carbocycles. The van der Waals surface area contributed by atoms with Gasteiger partial charge in [-0.1, -0.05) is 5.16 Å². The van der Waals surface area contributed by atoms with Gasteiger partial charge in [0.15, 0.2) is 0 Å². The Hall–Kier alpha value is -1.98. The van der Waals surface area contributed by atoms with E-state index in [1.807, 2.05) is 0 Å². The molecule has 0 aliphatic carbocycles. The highest BCUT2D eigenvalue weighted by molar-refractivity contribution is 5.76. The van der Waals surface area contributed by atoms with Crippen molar-refractivity contribution in [1.82, 2.24) is 4.98 Å². The average molecular weight is 167 g/mol. The monoisotopic (exact) mass is 167 g/mol. The minimum atomic E-state index is -0.549. The summed E-state index contributed by atoms with van der Waals surface area (Å²) < 4.78 is 0. The Morgan fingerprint density at radius 1 is 1.67 bits per heavy atom. The summed E-state index contributed by atoms with van der Waals surface area (Å²) >= 11 is 0. The fraction of sp³-hybridized carbons (Fsp3) is 0. The molecule has 0 aromatic carbocycles. The maximum absolute atomic E-state index is 10.2. The first kappa shape index (κ1) is 8.12. The van der Waals surface area contributed by atoms with Crippen molar-refractivity contribution in [2.45, 2.75) is 0 Å². The second-order valence-corrected chi connectivity index (χ2v) is 1.94. The molecule has 1 aromatic heterocycles. The van der Waals surface area contributed by atoms with Gasteiger partial charge in [-0.3, -0.25) is 10.1 Å². The fourth-order valence-corrected chi connectivity index (χ4v) is 0.641. The maximum atomic E-state index is 10.2. The van der Waals surface area contributed by atoms with Gasteiger partial charge in [0.2, 0.25) is 0 Å². The molecular formula is C6H5N3O3. The zero-order valence-corrected chi connectivity index (χ0v) is 5.91. The number of oxime groups is 1. The van der Waals surface area contributed by atoms with Crippen molar-refractivity contribution in [2.75, 3.05) is 0 Å². The van der Waals surface area contributed by atoms with Gasteiger partial charge in [-0.05, 0) is 6.07 Å². The summed E-state index contributed by atoms with van der Waals surface area (Å²) in [6.45, 7) is 0. The van der Waals surface area contributed by atoms with Gasteiger partial charge >= 0.3 is 0 Å². The van der Waals surface area contributed by atoms with Crippen molar-refractivity contribution in [3.63, 3.8) is 0 Å². The molecule has 12 heavy (non-hydrogen) atoms. The summed E-state index contributed by atoms with van der Waals surface area (Å²) in [5.74, 6) is 0. The quantitative estimate of drug-likeness (QED) is 0.305.